The van der Waals surface area contributed by atoms with Gasteiger partial charge in [0.1, 0.15) is 11.4 Å². The molecular formula is C17H24N2O2. The number of hydrogen-bond acceptors (Lipinski definition) is 3. The molecule has 1 unspecified atom stereocenters. The molecule has 1 aromatic heterocycles. The number of nitrogens with zero attached hydrogens (tertiary/aromatic N) is 2. The Morgan fingerprint density at radius 3 is 3.00 bits per heavy atom. The molecule has 1 fully saturated rings. The monoisotopic (exact) mass is 288 g/mol. The van der Waals surface area contributed by atoms with Crippen molar-refractivity contribution in [2.75, 3.05) is 11.4 Å². The van der Waals surface area contributed by atoms with Crippen molar-refractivity contribution < 1.29 is 9.90 Å². The zero-order chi connectivity index (χ0) is 14.8. The molecule has 1 aliphatic heterocycles. The molecule has 0 amide bonds. The third-order valence-electron chi connectivity index (χ3n) is 4.78. The first-order valence-electron chi connectivity index (χ1n) is 8.23. The van der Waals surface area contributed by atoms with Gasteiger partial charge in [0.25, 0.3) is 0 Å². The lowest BCUT2D eigenvalue weighted by atomic mass is 9.97. The molecule has 0 saturated carbocycles. The van der Waals surface area contributed by atoms with Crippen molar-refractivity contribution in [3.8, 4) is 0 Å². The summed E-state index contributed by atoms with van der Waals surface area (Å²) in [5.74, 6) is -0.116. The highest BCUT2D eigenvalue weighted by atomic mass is 16.4. The number of hydrogen-bond donors (Lipinski definition) is 1. The largest absolute Gasteiger partial charge is 0.478 e. The fraction of sp³-hybridized carbons (Fsp3) is 0.647. The maximum atomic E-state index is 11.7. The number of carbonyl (C=O) groups is 1. The van der Waals surface area contributed by atoms with Crippen molar-refractivity contribution in [1.29, 1.82) is 0 Å². The second-order valence-corrected chi connectivity index (χ2v) is 6.26. The minimum Gasteiger partial charge on any atom is -0.478 e. The summed E-state index contributed by atoms with van der Waals surface area (Å²) in [6, 6.07) is 2.33. The second-order valence-electron chi connectivity index (χ2n) is 6.26. The van der Waals surface area contributed by atoms with Gasteiger partial charge in [0.15, 0.2) is 0 Å². The van der Waals surface area contributed by atoms with Crippen molar-refractivity contribution in [2.24, 2.45) is 0 Å². The Hall–Kier alpha value is -1.58. The molecule has 1 N–H and O–H groups in total. The Kier molecular flexibility index (Phi) is 4.13. The van der Waals surface area contributed by atoms with Gasteiger partial charge >= 0.3 is 5.97 Å². The lowest BCUT2D eigenvalue weighted by Gasteiger charge is -2.37. The Morgan fingerprint density at radius 2 is 2.24 bits per heavy atom. The Bertz CT molecular complexity index is 540. The summed E-state index contributed by atoms with van der Waals surface area (Å²) in [6.07, 6.45) is 8.86. The maximum Gasteiger partial charge on any atom is 0.339 e. The zero-order valence-corrected chi connectivity index (χ0v) is 12.8. The van der Waals surface area contributed by atoms with Crippen molar-refractivity contribution in [3.05, 3.63) is 22.9 Å². The summed E-state index contributed by atoms with van der Waals surface area (Å²) in [5, 5.41) is 9.58. The number of carboxylic acid groups (broad SMARTS) is 1. The molecule has 114 valence electrons. The van der Waals surface area contributed by atoms with E-state index in [1.807, 2.05) is 6.07 Å². The topological polar surface area (TPSA) is 53.4 Å². The van der Waals surface area contributed by atoms with E-state index in [9.17, 15) is 9.90 Å². The van der Waals surface area contributed by atoms with Crippen LogP contribution in [0.3, 0.4) is 0 Å². The molecule has 0 aromatic carbocycles. The number of aromatic nitrogens is 1. The van der Waals surface area contributed by atoms with E-state index in [1.165, 1.54) is 6.42 Å². The van der Waals surface area contributed by atoms with Crippen LogP contribution in [-0.4, -0.2) is 28.6 Å². The zero-order valence-electron chi connectivity index (χ0n) is 12.8. The molecule has 3 rings (SSSR count). The highest BCUT2D eigenvalue weighted by Gasteiger charge is 2.28. The maximum absolute atomic E-state index is 11.7. The molecule has 1 aliphatic carbocycles. The Morgan fingerprint density at radius 1 is 1.38 bits per heavy atom. The molecular weight excluding hydrogens is 264 g/mol. The molecule has 0 radical (unpaired) electrons. The third kappa shape index (κ3) is 2.76. The van der Waals surface area contributed by atoms with Crippen molar-refractivity contribution in [3.63, 3.8) is 0 Å². The van der Waals surface area contributed by atoms with Gasteiger partial charge in [-0.15, -0.1) is 0 Å². The van der Waals surface area contributed by atoms with Crippen molar-refractivity contribution >= 4 is 11.8 Å². The van der Waals surface area contributed by atoms with Crippen LogP contribution in [0.2, 0.25) is 0 Å². The summed E-state index contributed by atoms with van der Waals surface area (Å²) in [5.41, 5.74) is 2.66. The van der Waals surface area contributed by atoms with Gasteiger partial charge in [-0.3, -0.25) is 0 Å². The molecule has 0 bridgehead atoms. The van der Waals surface area contributed by atoms with E-state index >= 15 is 0 Å². The van der Waals surface area contributed by atoms with Gasteiger partial charge < -0.3 is 10.0 Å². The standard InChI is InChI=1S/C17H24N2O2/c1-2-6-13-8-3-4-10-19(13)16-14(17(20)21)11-12-7-5-9-15(12)18-16/h11,13H,2-10H2,1H3,(H,20,21). The fourth-order valence-corrected chi connectivity index (χ4v) is 3.75. The molecule has 1 aromatic rings. The van der Waals surface area contributed by atoms with E-state index < -0.39 is 5.97 Å². The van der Waals surface area contributed by atoms with E-state index in [2.05, 4.69) is 11.8 Å². The molecule has 21 heavy (non-hydrogen) atoms. The number of fused-ring (bicyclic) bond motifs is 1. The first kappa shape index (κ1) is 14.4. The first-order valence-corrected chi connectivity index (χ1v) is 8.23. The van der Waals surface area contributed by atoms with Crippen LogP contribution in [-0.2, 0) is 12.8 Å². The van der Waals surface area contributed by atoms with Crippen molar-refractivity contribution in [1.82, 2.24) is 4.98 Å². The van der Waals surface area contributed by atoms with Gasteiger partial charge in [0.2, 0.25) is 0 Å². The summed E-state index contributed by atoms with van der Waals surface area (Å²) in [4.78, 5) is 18.7. The molecule has 2 heterocycles. The highest BCUT2D eigenvalue weighted by molar-refractivity contribution is 5.93. The van der Waals surface area contributed by atoms with Gasteiger partial charge in [0.05, 0.1) is 0 Å². The third-order valence-corrected chi connectivity index (χ3v) is 4.78. The average molecular weight is 288 g/mol. The number of carboxylic acids is 1. The molecule has 0 spiro atoms. The van der Waals surface area contributed by atoms with Crippen LogP contribution in [0.4, 0.5) is 5.82 Å². The molecule has 2 aliphatic rings. The predicted octanol–water partition coefficient (Wildman–Crippen LogP) is 3.43. The first-order chi connectivity index (χ1) is 10.2. The Labute approximate surface area is 126 Å². The van der Waals surface area contributed by atoms with E-state index in [-0.39, 0.29) is 0 Å². The molecule has 4 heteroatoms. The summed E-state index contributed by atoms with van der Waals surface area (Å²) in [6.45, 7) is 3.14. The highest BCUT2D eigenvalue weighted by Crippen LogP contribution is 2.32. The molecule has 1 atom stereocenters. The number of anilines is 1. The van der Waals surface area contributed by atoms with Gasteiger partial charge in [-0.1, -0.05) is 13.3 Å². The Balaban J connectivity index is 2.00. The molecule has 4 nitrogen and oxygen atoms in total. The average Bonchev–Trinajstić information content (AvgIpc) is 2.94. The summed E-state index contributed by atoms with van der Waals surface area (Å²) in [7, 11) is 0. The number of rotatable bonds is 4. The molecule has 1 saturated heterocycles. The number of aryl methyl sites for hydroxylation is 2. The van der Waals surface area contributed by atoms with Crippen LogP contribution in [0.5, 0.6) is 0 Å². The van der Waals surface area contributed by atoms with Crippen LogP contribution in [0.15, 0.2) is 6.07 Å². The normalized spacial score (nSPS) is 21.4. The van der Waals surface area contributed by atoms with Gasteiger partial charge in [-0.05, 0) is 56.6 Å². The number of pyridine rings is 1. The minimum atomic E-state index is -0.840. The van der Waals surface area contributed by atoms with Crippen LogP contribution in [0.1, 0.15) is 67.1 Å². The van der Waals surface area contributed by atoms with Gasteiger partial charge in [-0.2, -0.15) is 0 Å². The predicted molar refractivity (Wildman–Crippen MR) is 83.1 cm³/mol. The van der Waals surface area contributed by atoms with Crippen LogP contribution >= 0.6 is 0 Å². The minimum absolute atomic E-state index is 0.402. The number of aromatic carboxylic acids is 1. The lowest BCUT2D eigenvalue weighted by molar-refractivity contribution is 0.0697. The van der Waals surface area contributed by atoms with Gasteiger partial charge in [-0.25, -0.2) is 9.78 Å². The van der Waals surface area contributed by atoms with Crippen LogP contribution in [0.25, 0.3) is 0 Å². The summed E-state index contributed by atoms with van der Waals surface area (Å²) < 4.78 is 0. The van der Waals surface area contributed by atoms with E-state index in [4.69, 9.17) is 4.98 Å². The number of piperidine rings is 1. The van der Waals surface area contributed by atoms with E-state index in [0.717, 1.165) is 68.6 Å². The smallest absolute Gasteiger partial charge is 0.339 e. The fourth-order valence-electron chi connectivity index (χ4n) is 3.75. The lowest BCUT2D eigenvalue weighted by Crippen LogP contribution is -2.41. The van der Waals surface area contributed by atoms with E-state index in [1.54, 1.807) is 0 Å². The van der Waals surface area contributed by atoms with Crippen LogP contribution < -0.4 is 4.90 Å². The SMILES string of the molecule is CCCC1CCCCN1c1nc2c(cc1C(=O)O)CCC2. The van der Waals surface area contributed by atoms with E-state index in [0.29, 0.717) is 11.6 Å². The van der Waals surface area contributed by atoms with Crippen LogP contribution in [0, 0.1) is 0 Å². The summed E-state index contributed by atoms with van der Waals surface area (Å²) >= 11 is 0. The quantitative estimate of drug-likeness (QED) is 0.922. The second kappa shape index (κ2) is 6.04. The van der Waals surface area contributed by atoms with Gasteiger partial charge in [0, 0.05) is 18.3 Å². The van der Waals surface area contributed by atoms with Crippen molar-refractivity contribution in [2.45, 2.75) is 64.3 Å².